The van der Waals surface area contributed by atoms with Crippen molar-refractivity contribution in [1.29, 1.82) is 0 Å². The highest BCUT2D eigenvalue weighted by Crippen LogP contribution is 2.43. The van der Waals surface area contributed by atoms with E-state index in [0.29, 0.717) is 13.2 Å². The van der Waals surface area contributed by atoms with Gasteiger partial charge in [-0.2, -0.15) is 0 Å². The molecule has 0 heterocycles. The van der Waals surface area contributed by atoms with Gasteiger partial charge in [-0.25, -0.2) is 0 Å². The molecular weight excluding hydrogens is 307 g/mol. The summed E-state index contributed by atoms with van der Waals surface area (Å²) in [6, 6.07) is 21.4. The van der Waals surface area contributed by atoms with Gasteiger partial charge in [-0.05, 0) is 47.5 Å². The SMILES string of the molecule is CCOP(C)(=O)OCC.c1ccc2cc3ccccc3cc2c1. The maximum atomic E-state index is 11.0. The molecule has 0 radical (unpaired) electrons. The van der Waals surface area contributed by atoms with Gasteiger partial charge in [0.05, 0.1) is 13.2 Å². The van der Waals surface area contributed by atoms with Crippen molar-refractivity contribution in [3.05, 3.63) is 60.7 Å². The molecule has 0 aliphatic rings. The summed E-state index contributed by atoms with van der Waals surface area (Å²) >= 11 is 0. The van der Waals surface area contributed by atoms with Crippen LogP contribution < -0.4 is 0 Å². The molecule has 0 atom stereocenters. The van der Waals surface area contributed by atoms with Gasteiger partial charge in [0.15, 0.2) is 0 Å². The summed E-state index contributed by atoms with van der Waals surface area (Å²) in [6.07, 6.45) is 0. The molecule has 0 amide bonds. The molecule has 4 heteroatoms. The summed E-state index contributed by atoms with van der Waals surface area (Å²) < 4.78 is 20.6. The minimum Gasteiger partial charge on any atom is -0.309 e. The Kier molecular flexibility index (Phi) is 6.35. The van der Waals surface area contributed by atoms with Gasteiger partial charge in [0.25, 0.3) is 0 Å². The van der Waals surface area contributed by atoms with Gasteiger partial charge in [0.1, 0.15) is 0 Å². The molecule has 3 nitrogen and oxygen atoms in total. The van der Waals surface area contributed by atoms with E-state index >= 15 is 0 Å². The smallest absolute Gasteiger partial charge is 0.309 e. The molecule has 0 spiro atoms. The van der Waals surface area contributed by atoms with Gasteiger partial charge in [-0.1, -0.05) is 48.5 Å². The predicted octanol–water partition coefficient (Wildman–Crippen LogP) is 5.88. The van der Waals surface area contributed by atoms with Crippen molar-refractivity contribution < 1.29 is 13.6 Å². The Hall–Kier alpha value is -1.67. The van der Waals surface area contributed by atoms with Crippen LogP contribution in [0.25, 0.3) is 21.5 Å². The third kappa shape index (κ3) is 5.18. The molecule has 0 fully saturated rings. The molecule has 0 N–H and O–H groups in total. The Morgan fingerprint density at radius 3 is 1.30 bits per heavy atom. The van der Waals surface area contributed by atoms with Crippen molar-refractivity contribution in [2.75, 3.05) is 19.9 Å². The Labute approximate surface area is 137 Å². The summed E-state index contributed by atoms with van der Waals surface area (Å²) in [5.74, 6) is 0. The summed E-state index contributed by atoms with van der Waals surface area (Å²) in [6.45, 7) is 5.92. The van der Waals surface area contributed by atoms with Crippen LogP contribution in [0.15, 0.2) is 60.7 Å². The molecule has 122 valence electrons. The lowest BCUT2D eigenvalue weighted by atomic mass is 10.0. The maximum absolute atomic E-state index is 11.0. The average molecular weight is 330 g/mol. The second kappa shape index (κ2) is 8.26. The van der Waals surface area contributed by atoms with E-state index in [1.165, 1.54) is 28.2 Å². The normalized spacial score (nSPS) is 11.3. The number of fused-ring (bicyclic) bond motifs is 2. The van der Waals surface area contributed by atoms with Crippen LogP contribution in [0.1, 0.15) is 13.8 Å². The van der Waals surface area contributed by atoms with E-state index in [4.69, 9.17) is 9.05 Å². The van der Waals surface area contributed by atoms with E-state index in [9.17, 15) is 4.57 Å². The first-order valence-electron chi connectivity index (χ1n) is 7.80. The van der Waals surface area contributed by atoms with Gasteiger partial charge in [0, 0.05) is 6.66 Å². The fourth-order valence-corrected chi connectivity index (χ4v) is 3.40. The van der Waals surface area contributed by atoms with Gasteiger partial charge < -0.3 is 9.05 Å². The highest BCUT2D eigenvalue weighted by Gasteiger charge is 2.13. The number of hydrogen-bond donors (Lipinski definition) is 0. The van der Waals surface area contributed by atoms with Crippen LogP contribution in [-0.4, -0.2) is 19.9 Å². The molecule has 0 aromatic heterocycles. The summed E-state index contributed by atoms with van der Waals surface area (Å²) in [5, 5.41) is 5.25. The van der Waals surface area contributed by atoms with E-state index in [1.807, 2.05) is 0 Å². The molecular formula is C19H23O3P. The van der Waals surface area contributed by atoms with Gasteiger partial charge >= 0.3 is 7.60 Å². The second-order valence-electron chi connectivity index (χ2n) is 5.15. The Bertz CT molecular complexity index is 699. The fraction of sp³-hybridized carbons (Fsp3) is 0.263. The first-order chi connectivity index (χ1) is 11.1. The minimum absolute atomic E-state index is 0.438. The van der Waals surface area contributed by atoms with Crippen LogP contribution in [0.5, 0.6) is 0 Å². The zero-order valence-corrected chi connectivity index (χ0v) is 14.8. The van der Waals surface area contributed by atoms with Crippen molar-refractivity contribution in [2.24, 2.45) is 0 Å². The summed E-state index contributed by atoms with van der Waals surface area (Å²) in [4.78, 5) is 0. The van der Waals surface area contributed by atoms with Crippen molar-refractivity contribution in [1.82, 2.24) is 0 Å². The van der Waals surface area contributed by atoms with Crippen LogP contribution in [0, 0.1) is 0 Å². The highest BCUT2D eigenvalue weighted by atomic mass is 31.2. The van der Waals surface area contributed by atoms with Crippen LogP contribution >= 0.6 is 7.60 Å². The molecule has 3 rings (SSSR count). The first-order valence-corrected chi connectivity index (χ1v) is 9.79. The zero-order valence-electron chi connectivity index (χ0n) is 13.9. The molecule has 3 aromatic rings. The molecule has 0 saturated carbocycles. The van der Waals surface area contributed by atoms with E-state index in [2.05, 4.69) is 60.7 Å². The molecule has 0 aliphatic heterocycles. The lowest BCUT2D eigenvalue weighted by molar-refractivity contribution is 0.225. The van der Waals surface area contributed by atoms with Crippen molar-refractivity contribution in [2.45, 2.75) is 13.8 Å². The van der Waals surface area contributed by atoms with E-state index in [-0.39, 0.29) is 0 Å². The topological polar surface area (TPSA) is 35.5 Å². The van der Waals surface area contributed by atoms with E-state index in [1.54, 1.807) is 13.8 Å². The molecule has 0 aliphatic carbocycles. The zero-order chi connectivity index (χ0) is 16.7. The molecule has 3 aromatic carbocycles. The van der Waals surface area contributed by atoms with Crippen molar-refractivity contribution in [3.63, 3.8) is 0 Å². The van der Waals surface area contributed by atoms with Crippen molar-refractivity contribution in [3.8, 4) is 0 Å². The fourth-order valence-electron chi connectivity index (χ4n) is 2.39. The van der Waals surface area contributed by atoms with Crippen molar-refractivity contribution >= 4 is 29.1 Å². The van der Waals surface area contributed by atoms with Crippen LogP contribution in [0.3, 0.4) is 0 Å². The van der Waals surface area contributed by atoms with E-state index < -0.39 is 7.60 Å². The number of benzene rings is 3. The second-order valence-corrected chi connectivity index (χ2v) is 7.21. The third-order valence-corrected chi connectivity index (χ3v) is 4.80. The number of hydrogen-bond acceptors (Lipinski definition) is 3. The van der Waals surface area contributed by atoms with Gasteiger partial charge in [0.2, 0.25) is 0 Å². The Morgan fingerprint density at radius 2 is 1.04 bits per heavy atom. The highest BCUT2D eigenvalue weighted by molar-refractivity contribution is 7.52. The van der Waals surface area contributed by atoms with Crippen LogP contribution in [0.2, 0.25) is 0 Å². The lowest BCUT2D eigenvalue weighted by Crippen LogP contribution is -1.92. The molecule has 0 bridgehead atoms. The average Bonchev–Trinajstić information content (AvgIpc) is 2.53. The number of rotatable bonds is 4. The summed E-state index contributed by atoms with van der Waals surface area (Å²) in [5.41, 5.74) is 0. The summed E-state index contributed by atoms with van der Waals surface area (Å²) in [7, 11) is -2.69. The largest absolute Gasteiger partial charge is 0.327 e. The monoisotopic (exact) mass is 330 g/mol. The molecule has 23 heavy (non-hydrogen) atoms. The van der Waals surface area contributed by atoms with E-state index in [0.717, 1.165) is 0 Å². The standard InChI is InChI=1S/C14H10.C5H13O3P/c1-2-6-12-10-14-8-4-3-7-13(14)9-11(12)5-1;1-4-7-9(3,6)8-5-2/h1-10H;4-5H2,1-3H3. The first kappa shape index (κ1) is 17.7. The minimum atomic E-state index is -2.69. The maximum Gasteiger partial charge on any atom is 0.327 e. The Morgan fingerprint density at radius 1 is 0.739 bits per heavy atom. The molecule has 0 saturated heterocycles. The van der Waals surface area contributed by atoms with Crippen LogP contribution in [-0.2, 0) is 13.6 Å². The van der Waals surface area contributed by atoms with Gasteiger partial charge in [-0.15, -0.1) is 0 Å². The van der Waals surface area contributed by atoms with Crippen LogP contribution in [0.4, 0.5) is 0 Å². The third-order valence-electron chi connectivity index (χ3n) is 3.34. The Balaban J connectivity index is 0.000000188. The quantitative estimate of drug-likeness (QED) is 0.443. The molecule has 0 unspecified atom stereocenters. The predicted molar refractivity (Wildman–Crippen MR) is 98.2 cm³/mol. The lowest BCUT2D eigenvalue weighted by Gasteiger charge is -2.10. The van der Waals surface area contributed by atoms with Gasteiger partial charge in [-0.3, -0.25) is 4.57 Å².